The van der Waals surface area contributed by atoms with Gasteiger partial charge >= 0.3 is 5.97 Å². The third-order valence-electron chi connectivity index (χ3n) is 6.25. The van der Waals surface area contributed by atoms with Gasteiger partial charge in [0, 0.05) is 29.0 Å². The summed E-state index contributed by atoms with van der Waals surface area (Å²) in [7, 11) is 0. The first-order chi connectivity index (χ1) is 16.9. The molecule has 1 saturated carbocycles. The van der Waals surface area contributed by atoms with Crippen molar-refractivity contribution >= 4 is 44.8 Å². The third kappa shape index (κ3) is 4.21. The molecule has 1 atom stereocenters. The average molecular weight is 473 g/mol. The van der Waals surface area contributed by atoms with E-state index in [-0.39, 0.29) is 17.1 Å². The van der Waals surface area contributed by atoms with Gasteiger partial charge in [0.05, 0.1) is 21.6 Å². The van der Waals surface area contributed by atoms with E-state index >= 15 is 0 Å². The van der Waals surface area contributed by atoms with Crippen LogP contribution in [0.4, 0.5) is 11.4 Å². The first kappa shape index (κ1) is 22.2. The van der Waals surface area contributed by atoms with Crippen molar-refractivity contribution in [2.75, 3.05) is 0 Å². The second-order valence-electron chi connectivity index (χ2n) is 8.33. The summed E-state index contributed by atoms with van der Waals surface area (Å²) in [6, 6.07) is 16.6. The van der Waals surface area contributed by atoms with Crippen molar-refractivity contribution in [3.8, 4) is 0 Å². The van der Waals surface area contributed by atoms with Crippen LogP contribution in [-0.2, 0) is 4.84 Å². The number of carbonyl (C=O) groups is 1. The molecule has 176 valence electrons. The molecular formula is C25H19N3O7. The minimum absolute atomic E-state index is 0.00520. The first-order valence-electron chi connectivity index (χ1n) is 11.0. The lowest BCUT2D eigenvalue weighted by molar-refractivity contribution is -0.394. The number of rotatable bonds is 5. The van der Waals surface area contributed by atoms with Gasteiger partial charge in [0.15, 0.2) is 0 Å². The molecule has 1 aromatic heterocycles. The van der Waals surface area contributed by atoms with Gasteiger partial charge in [-0.2, -0.15) is 0 Å². The summed E-state index contributed by atoms with van der Waals surface area (Å²) in [5.74, 6) is -1.27. The summed E-state index contributed by atoms with van der Waals surface area (Å²) in [5, 5.41) is 29.5. The highest BCUT2D eigenvalue weighted by Crippen LogP contribution is 2.38. The molecular weight excluding hydrogens is 454 g/mol. The molecule has 0 bridgehead atoms. The summed E-state index contributed by atoms with van der Waals surface area (Å²) in [4.78, 5) is 39.3. The molecule has 10 nitrogen and oxygen atoms in total. The highest BCUT2D eigenvalue weighted by Gasteiger charge is 2.31. The highest BCUT2D eigenvalue weighted by molar-refractivity contribution is 6.08. The number of carbonyl (C=O) groups excluding carboxylic acids is 1. The zero-order valence-electron chi connectivity index (χ0n) is 18.4. The molecule has 35 heavy (non-hydrogen) atoms. The van der Waals surface area contributed by atoms with E-state index in [4.69, 9.17) is 9.25 Å². The number of hydrogen-bond donors (Lipinski definition) is 0. The molecule has 1 heterocycles. The molecule has 0 aliphatic heterocycles. The largest absolute Gasteiger partial charge is 0.449 e. The lowest BCUT2D eigenvalue weighted by Gasteiger charge is -2.23. The summed E-state index contributed by atoms with van der Waals surface area (Å²) in [5.41, 5.74) is 0.613. The van der Waals surface area contributed by atoms with Crippen molar-refractivity contribution in [3.63, 3.8) is 0 Å². The molecule has 3 aromatic carbocycles. The first-order valence-corrected chi connectivity index (χ1v) is 11.0. The van der Waals surface area contributed by atoms with Crippen molar-refractivity contribution in [2.45, 2.75) is 31.6 Å². The van der Waals surface area contributed by atoms with Crippen molar-refractivity contribution in [2.24, 2.45) is 5.16 Å². The smallest absolute Gasteiger partial charge is 0.400 e. The van der Waals surface area contributed by atoms with E-state index in [0.29, 0.717) is 29.7 Å². The number of oxime groups is 1. The molecule has 5 rings (SSSR count). The Morgan fingerprint density at radius 1 is 0.971 bits per heavy atom. The molecule has 4 aromatic rings. The zero-order valence-corrected chi connectivity index (χ0v) is 18.4. The monoisotopic (exact) mass is 473 g/mol. The molecule has 0 saturated heterocycles. The normalized spacial score (nSPS) is 17.0. The van der Waals surface area contributed by atoms with Crippen molar-refractivity contribution in [1.29, 1.82) is 0 Å². The molecule has 0 amide bonds. The van der Waals surface area contributed by atoms with Gasteiger partial charge < -0.3 is 9.25 Å². The van der Waals surface area contributed by atoms with Crippen LogP contribution in [0.15, 0.2) is 70.2 Å². The number of benzene rings is 3. The Balaban J connectivity index is 1.44. The van der Waals surface area contributed by atoms with Crippen molar-refractivity contribution in [3.05, 3.63) is 92.2 Å². The fourth-order valence-electron chi connectivity index (χ4n) is 4.58. The molecule has 1 aliphatic carbocycles. The van der Waals surface area contributed by atoms with E-state index in [1.807, 2.05) is 30.3 Å². The third-order valence-corrected chi connectivity index (χ3v) is 6.25. The van der Waals surface area contributed by atoms with Gasteiger partial charge in [0.1, 0.15) is 5.58 Å². The number of nitro groups is 2. The molecule has 0 radical (unpaired) electrons. The highest BCUT2D eigenvalue weighted by atomic mass is 16.7. The van der Waals surface area contributed by atoms with Crippen LogP contribution in [0.25, 0.3) is 21.7 Å². The van der Waals surface area contributed by atoms with Gasteiger partial charge in [-0.25, -0.2) is 4.79 Å². The standard InChI is InChI=1S/C25H19N3O7/c29-25(24-14-20-17-6-2-1-5-15(17)9-12-23(20)34-24)35-26-21-8-4-3-7-18(21)19-11-10-16(27(30)31)13-22(19)28(32)33/h1-2,5-6,9-14,18H,3-4,7-8H2/b26-21-/t18-/m0/s1. The van der Waals surface area contributed by atoms with Gasteiger partial charge in [0.2, 0.25) is 5.76 Å². The van der Waals surface area contributed by atoms with Crippen LogP contribution in [0.3, 0.4) is 0 Å². The molecule has 1 aliphatic rings. The maximum Gasteiger partial charge on any atom is 0.400 e. The molecule has 1 fully saturated rings. The molecule has 10 heteroatoms. The van der Waals surface area contributed by atoms with Crippen LogP contribution < -0.4 is 0 Å². The van der Waals surface area contributed by atoms with Gasteiger partial charge in [-0.1, -0.05) is 41.9 Å². The number of non-ortho nitro benzene ring substituents is 1. The Morgan fingerprint density at radius 2 is 1.80 bits per heavy atom. The lowest BCUT2D eigenvalue weighted by Crippen LogP contribution is -2.20. The van der Waals surface area contributed by atoms with E-state index in [9.17, 15) is 25.0 Å². The topological polar surface area (TPSA) is 138 Å². The Labute approximate surface area is 198 Å². The van der Waals surface area contributed by atoms with Gasteiger partial charge in [-0.05, 0) is 42.2 Å². The average Bonchev–Trinajstić information content (AvgIpc) is 3.32. The number of nitrogens with zero attached hydrogens (tertiary/aromatic N) is 3. The second kappa shape index (κ2) is 8.98. The van der Waals surface area contributed by atoms with Gasteiger partial charge in [-0.15, -0.1) is 0 Å². The van der Waals surface area contributed by atoms with E-state index < -0.39 is 21.7 Å². The van der Waals surface area contributed by atoms with Crippen LogP contribution in [-0.4, -0.2) is 21.5 Å². The minimum atomic E-state index is -0.777. The van der Waals surface area contributed by atoms with Crippen LogP contribution in [0.5, 0.6) is 0 Å². The maximum atomic E-state index is 12.7. The SMILES string of the molecule is O=C(O/N=C1/CCCC[C@H]1c1ccc([N+](=O)[O-])cc1[N+](=O)[O-])c1cc2c(ccc3ccccc32)o1. The van der Waals surface area contributed by atoms with E-state index in [1.165, 1.54) is 12.1 Å². The van der Waals surface area contributed by atoms with E-state index in [2.05, 4.69) is 5.16 Å². The van der Waals surface area contributed by atoms with E-state index in [1.54, 1.807) is 12.1 Å². The quantitative estimate of drug-likeness (QED) is 0.189. The number of hydrogen-bond acceptors (Lipinski definition) is 8. The predicted molar refractivity (Wildman–Crippen MR) is 128 cm³/mol. The Hall–Kier alpha value is -4.60. The van der Waals surface area contributed by atoms with Crippen LogP contribution in [0.2, 0.25) is 0 Å². The maximum absolute atomic E-state index is 12.7. The molecule has 0 spiro atoms. The summed E-state index contributed by atoms with van der Waals surface area (Å²) < 4.78 is 5.68. The Morgan fingerprint density at radius 3 is 2.60 bits per heavy atom. The summed E-state index contributed by atoms with van der Waals surface area (Å²) in [6.45, 7) is 0. The predicted octanol–water partition coefficient (Wildman–Crippen LogP) is 6.27. The lowest BCUT2D eigenvalue weighted by atomic mass is 9.81. The van der Waals surface area contributed by atoms with Crippen molar-refractivity contribution < 1.29 is 23.9 Å². The number of fused-ring (bicyclic) bond motifs is 3. The van der Waals surface area contributed by atoms with Crippen LogP contribution in [0.1, 0.15) is 47.7 Å². The van der Waals surface area contributed by atoms with Crippen LogP contribution >= 0.6 is 0 Å². The summed E-state index contributed by atoms with van der Waals surface area (Å²) >= 11 is 0. The van der Waals surface area contributed by atoms with Gasteiger partial charge in [-0.3, -0.25) is 20.2 Å². The zero-order chi connectivity index (χ0) is 24.5. The van der Waals surface area contributed by atoms with Crippen molar-refractivity contribution in [1.82, 2.24) is 0 Å². The molecule has 0 N–H and O–H groups in total. The Kier molecular flexibility index (Phi) is 5.69. The second-order valence-corrected chi connectivity index (χ2v) is 8.33. The number of furan rings is 1. The minimum Gasteiger partial charge on any atom is -0.449 e. The molecule has 0 unspecified atom stereocenters. The van der Waals surface area contributed by atoms with Gasteiger partial charge in [0.25, 0.3) is 11.4 Å². The Bertz CT molecular complexity index is 1520. The van der Waals surface area contributed by atoms with E-state index in [0.717, 1.165) is 35.1 Å². The van der Waals surface area contributed by atoms with Crippen LogP contribution in [0, 0.1) is 20.2 Å². The fourth-order valence-corrected chi connectivity index (χ4v) is 4.58. The number of nitro benzene ring substituents is 2. The summed E-state index contributed by atoms with van der Waals surface area (Å²) in [6.07, 6.45) is 2.61. The fraction of sp³-hybridized carbons (Fsp3) is 0.200.